The summed E-state index contributed by atoms with van der Waals surface area (Å²) in [6, 6.07) is 4.63. The lowest BCUT2D eigenvalue weighted by Gasteiger charge is -2.20. The molecule has 2 N–H and O–H groups in total. The lowest BCUT2D eigenvalue weighted by Crippen LogP contribution is -2.45. The molecule has 0 fully saturated rings. The quantitative estimate of drug-likeness (QED) is 0.629. The van der Waals surface area contributed by atoms with Crippen LogP contribution in [0, 0.1) is 5.92 Å². The average molecular weight is 447 g/mol. The van der Waals surface area contributed by atoms with Gasteiger partial charge in [0.15, 0.2) is 12.4 Å². The molecular formula is C19H18ClF3N2O5. The summed E-state index contributed by atoms with van der Waals surface area (Å²) in [5.41, 5.74) is -1.67. The molecule has 1 atom stereocenters. The van der Waals surface area contributed by atoms with Crippen LogP contribution in [0.4, 0.5) is 18.9 Å². The van der Waals surface area contributed by atoms with E-state index in [0.717, 1.165) is 6.07 Å². The van der Waals surface area contributed by atoms with Crippen LogP contribution in [0.3, 0.4) is 0 Å². The first kappa shape index (κ1) is 23.3. The molecule has 0 saturated carbocycles. The second-order valence-corrected chi connectivity index (χ2v) is 6.95. The van der Waals surface area contributed by atoms with E-state index in [1.54, 1.807) is 13.8 Å². The zero-order valence-corrected chi connectivity index (χ0v) is 16.6. The number of carbonyl (C=O) groups excluding carboxylic acids is 3. The van der Waals surface area contributed by atoms with Crippen molar-refractivity contribution >= 4 is 35.1 Å². The van der Waals surface area contributed by atoms with Crippen molar-refractivity contribution in [1.29, 1.82) is 0 Å². The molecule has 0 aliphatic heterocycles. The molecule has 0 aliphatic rings. The van der Waals surface area contributed by atoms with Crippen LogP contribution < -0.4 is 10.6 Å². The van der Waals surface area contributed by atoms with Gasteiger partial charge in [0.1, 0.15) is 6.04 Å². The molecule has 1 aromatic heterocycles. The smallest absolute Gasteiger partial charge is 0.418 e. The van der Waals surface area contributed by atoms with Gasteiger partial charge in [-0.3, -0.25) is 9.59 Å². The van der Waals surface area contributed by atoms with Crippen molar-refractivity contribution in [2.45, 2.75) is 26.1 Å². The Kier molecular flexibility index (Phi) is 7.49. The largest absolute Gasteiger partial charge is 0.459 e. The van der Waals surface area contributed by atoms with Crippen molar-refractivity contribution in [2.24, 2.45) is 5.92 Å². The SMILES string of the molecule is CC(C)C(NC(=O)c1ccco1)C(=O)OCC(=O)Nc1ccc(Cl)cc1C(F)(F)F. The lowest BCUT2D eigenvalue weighted by atomic mass is 10.0. The van der Waals surface area contributed by atoms with Gasteiger partial charge in [0.05, 0.1) is 17.5 Å². The minimum atomic E-state index is -4.75. The molecule has 7 nitrogen and oxygen atoms in total. The summed E-state index contributed by atoms with van der Waals surface area (Å²) in [7, 11) is 0. The Morgan fingerprint density at radius 3 is 2.47 bits per heavy atom. The van der Waals surface area contributed by atoms with Crippen molar-refractivity contribution in [3.05, 3.63) is 52.9 Å². The first-order chi connectivity index (χ1) is 14.0. The Morgan fingerprint density at radius 1 is 1.20 bits per heavy atom. The van der Waals surface area contributed by atoms with Gasteiger partial charge >= 0.3 is 12.1 Å². The van der Waals surface area contributed by atoms with Gasteiger partial charge in [-0.05, 0) is 36.2 Å². The molecule has 2 amide bonds. The van der Waals surface area contributed by atoms with Crippen LogP contribution in [0.15, 0.2) is 41.0 Å². The van der Waals surface area contributed by atoms with Gasteiger partial charge in [-0.15, -0.1) is 0 Å². The average Bonchev–Trinajstić information content (AvgIpc) is 3.19. The number of hydrogen-bond donors (Lipinski definition) is 2. The van der Waals surface area contributed by atoms with E-state index < -0.39 is 53.8 Å². The first-order valence-electron chi connectivity index (χ1n) is 8.66. The topological polar surface area (TPSA) is 97.6 Å². The Balaban J connectivity index is 1.99. The number of nitrogens with one attached hydrogen (secondary N) is 2. The fourth-order valence-corrected chi connectivity index (χ4v) is 2.56. The predicted octanol–water partition coefficient (Wildman–Crippen LogP) is 3.89. The van der Waals surface area contributed by atoms with Crippen molar-refractivity contribution in [1.82, 2.24) is 5.32 Å². The lowest BCUT2D eigenvalue weighted by molar-refractivity contribution is -0.150. The number of furan rings is 1. The number of rotatable bonds is 7. The minimum absolute atomic E-state index is 0.0198. The summed E-state index contributed by atoms with van der Waals surface area (Å²) in [5.74, 6) is -2.99. The van der Waals surface area contributed by atoms with Crippen LogP contribution in [0.5, 0.6) is 0 Å². The van der Waals surface area contributed by atoms with E-state index in [1.807, 2.05) is 5.32 Å². The molecule has 0 radical (unpaired) electrons. The van der Waals surface area contributed by atoms with E-state index >= 15 is 0 Å². The Labute approximate surface area is 174 Å². The Morgan fingerprint density at radius 2 is 1.90 bits per heavy atom. The number of ether oxygens (including phenoxy) is 1. The number of benzene rings is 1. The van der Waals surface area contributed by atoms with Crippen LogP contribution in [-0.4, -0.2) is 30.4 Å². The zero-order valence-electron chi connectivity index (χ0n) is 15.9. The molecule has 0 spiro atoms. The van der Waals surface area contributed by atoms with Gasteiger partial charge in [0.2, 0.25) is 0 Å². The van der Waals surface area contributed by atoms with Gasteiger partial charge in [0, 0.05) is 5.02 Å². The predicted molar refractivity (Wildman–Crippen MR) is 101 cm³/mol. The van der Waals surface area contributed by atoms with Crippen LogP contribution in [0.25, 0.3) is 0 Å². The summed E-state index contributed by atoms with van der Waals surface area (Å²) in [6.45, 7) is 2.42. The monoisotopic (exact) mass is 446 g/mol. The maximum Gasteiger partial charge on any atom is 0.418 e. The fourth-order valence-electron chi connectivity index (χ4n) is 2.39. The number of esters is 1. The molecule has 2 rings (SSSR count). The van der Waals surface area contributed by atoms with Crippen LogP contribution >= 0.6 is 11.6 Å². The van der Waals surface area contributed by atoms with Gasteiger partial charge in [0.25, 0.3) is 11.8 Å². The van der Waals surface area contributed by atoms with Gasteiger partial charge in [-0.25, -0.2) is 4.79 Å². The zero-order chi connectivity index (χ0) is 22.5. The highest BCUT2D eigenvalue weighted by molar-refractivity contribution is 6.30. The molecule has 1 heterocycles. The van der Waals surface area contributed by atoms with Crippen LogP contribution in [-0.2, 0) is 20.5 Å². The van der Waals surface area contributed by atoms with E-state index in [0.29, 0.717) is 6.07 Å². The van der Waals surface area contributed by atoms with E-state index in [-0.39, 0.29) is 10.8 Å². The molecule has 0 aliphatic carbocycles. The van der Waals surface area contributed by atoms with Crippen molar-refractivity contribution in [3.8, 4) is 0 Å². The molecule has 162 valence electrons. The molecule has 1 unspecified atom stereocenters. The second-order valence-electron chi connectivity index (χ2n) is 6.52. The summed E-state index contributed by atoms with van der Waals surface area (Å²) in [5, 5.41) is 4.30. The molecule has 11 heteroatoms. The highest BCUT2D eigenvalue weighted by Gasteiger charge is 2.34. The molecule has 30 heavy (non-hydrogen) atoms. The van der Waals surface area contributed by atoms with Crippen molar-refractivity contribution in [3.63, 3.8) is 0 Å². The third-order valence-corrected chi connectivity index (χ3v) is 4.09. The number of carbonyl (C=O) groups is 3. The van der Waals surface area contributed by atoms with E-state index in [4.69, 9.17) is 20.8 Å². The Hall–Kier alpha value is -3.01. The third kappa shape index (κ3) is 6.24. The van der Waals surface area contributed by atoms with Crippen LogP contribution in [0.2, 0.25) is 5.02 Å². The molecule has 2 aromatic rings. The Bertz CT molecular complexity index is 913. The van der Waals surface area contributed by atoms with E-state index in [9.17, 15) is 27.6 Å². The molecule has 1 aromatic carbocycles. The normalized spacial score (nSPS) is 12.4. The van der Waals surface area contributed by atoms with Crippen molar-refractivity contribution in [2.75, 3.05) is 11.9 Å². The second kappa shape index (κ2) is 9.66. The molecular weight excluding hydrogens is 429 g/mol. The summed E-state index contributed by atoms with van der Waals surface area (Å²) in [6.07, 6.45) is -3.46. The van der Waals surface area contributed by atoms with Gasteiger partial charge < -0.3 is 19.8 Å². The van der Waals surface area contributed by atoms with Gasteiger partial charge in [-0.1, -0.05) is 25.4 Å². The van der Waals surface area contributed by atoms with Gasteiger partial charge in [-0.2, -0.15) is 13.2 Å². The number of alkyl halides is 3. The van der Waals surface area contributed by atoms with Crippen molar-refractivity contribution < 1.29 is 36.7 Å². The summed E-state index contributed by atoms with van der Waals surface area (Å²) >= 11 is 5.58. The number of amides is 2. The maximum absolute atomic E-state index is 13.1. The maximum atomic E-state index is 13.1. The van der Waals surface area contributed by atoms with Crippen LogP contribution in [0.1, 0.15) is 30.0 Å². The number of halogens is 4. The number of anilines is 1. The highest BCUT2D eigenvalue weighted by atomic mass is 35.5. The highest BCUT2D eigenvalue weighted by Crippen LogP contribution is 2.36. The summed E-state index contributed by atoms with van der Waals surface area (Å²) < 4.78 is 49.0. The van der Waals surface area contributed by atoms with E-state index in [2.05, 4.69) is 5.32 Å². The molecule has 0 bridgehead atoms. The fraction of sp³-hybridized carbons (Fsp3) is 0.316. The van der Waals surface area contributed by atoms with E-state index in [1.165, 1.54) is 24.5 Å². The number of hydrogen-bond acceptors (Lipinski definition) is 5. The third-order valence-electron chi connectivity index (χ3n) is 3.86. The molecule has 0 saturated heterocycles. The first-order valence-corrected chi connectivity index (χ1v) is 9.04. The minimum Gasteiger partial charge on any atom is -0.459 e. The summed E-state index contributed by atoms with van der Waals surface area (Å²) in [4.78, 5) is 36.3. The standard InChI is InChI=1S/C19H18ClF3N2O5/c1-10(2)16(25-17(27)14-4-3-7-29-14)18(28)30-9-15(26)24-13-6-5-11(20)8-12(13)19(21,22)23/h3-8,10,16H,9H2,1-2H3,(H,24,26)(H,25,27).